The molecule has 0 saturated heterocycles. The lowest BCUT2D eigenvalue weighted by Gasteiger charge is -2.17. The van der Waals surface area contributed by atoms with Gasteiger partial charge < -0.3 is 5.73 Å². The summed E-state index contributed by atoms with van der Waals surface area (Å²) in [6, 6.07) is 0. The van der Waals surface area contributed by atoms with Crippen LogP contribution in [-0.2, 0) is 6.42 Å². The summed E-state index contributed by atoms with van der Waals surface area (Å²) >= 11 is 0. The molecular weight excluding hydrogens is 210 g/mol. The molecule has 0 atom stereocenters. The summed E-state index contributed by atoms with van der Waals surface area (Å²) in [7, 11) is 0. The van der Waals surface area contributed by atoms with Crippen LogP contribution in [0.1, 0.15) is 61.5 Å². The maximum absolute atomic E-state index is 5.67. The second kappa shape index (κ2) is 6.10. The Hall–Kier alpha value is -0.960. The number of nitrogens with zero attached hydrogens (tertiary/aromatic N) is 2. The van der Waals surface area contributed by atoms with E-state index < -0.39 is 0 Å². The van der Waals surface area contributed by atoms with Crippen LogP contribution in [0.25, 0.3) is 0 Å². The van der Waals surface area contributed by atoms with Crippen molar-refractivity contribution in [3.05, 3.63) is 23.3 Å². The van der Waals surface area contributed by atoms with E-state index in [9.17, 15) is 0 Å². The molecule has 0 aliphatic heterocycles. The molecule has 1 aliphatic carbocycles. The van der Waals surface area contributed by atoms with E-state index in [0.29, 0.717) is 12.5 Å². The molecule has 0 aromatic carbocycles. The highest BCUT2D eigenvalue weighted by Crippen LogP contribution is 2.32. The molecule has 94 valence electrons. The first-order valence-corrected chi connectivity index (χ1v) is 6.83. The minimum atomic E-state index is 0.640. The molecule has 0 bridgehead atoms. The van der Waals surface area contributed by atoms with Crippen molar-refractivity contribution in [1.82, 2.24) is 9.97 Å². The molecule has 2 rings (SSSR count). The van der Waals surface area contributed by atoms with Crippen molar-refractivity contribution < 1.29 is 0 Å². The number of aromatic nitrogens is 2. The predicted molar refractivity (Wildman–Crippen MR) is 70.0 cm³/mol. The highest BCUT2D eigenvalue weighted by Gasteiger charge is 2.19. The van der Waals surface area contributed by atoms with Gasteiger partial charge in [-0.1, -0.05) is 25.7 Å². The first-order valence-electron chi connectivity index (χ1n) is 6.83. The largest absolute Gasteiger partial charge is 0.330 e. The Morgan fingerprint density at radius 1 is 1.24 bits per heavy atom. The molecule has 1 heterocycles. The van der Waals surface area contributed by atoms with Gasteiger partial charge in [0.1, 0.15) is 5.82 Å². The minimum Gasteiger partial charge on any atom is -0.330 e. The average molecular weight is 233 g/mol. The van der Waals surface area contributed by atoms with Crippen molar-refractivity contribution in [3.8, 4) is 0 Å². The van der Waals surface area contributed by atoms with Crippen molar-refractivity contribution in [2.24, 2.45) is 5.73 Å². The minimum absolute atomic E-state index is 0.640. The molecule has 0 radical (unpaired) electrons. The van der Waals surface area contributed by atoms with Gasteiger partial charge in [-0.05, 0) is 38.3 Å². The van der Waals surface area contributed by atoms with E-state index in [2.05, 4.69) is 4.98 Å². The summed E-state index contributed by atoms with van der Waals surface area (Å²) < 4.78 is 0. The third-order valence-electron chi connectivity index (χ3n) is 3.67. The van der Waals surface area contributed by atoms with Crippen molar-refractivity contribution >= 4 is 0 Å². The molecule has 0 amide bonds. The Labute approximate surface area is 104 Å². The molecular formula is C14H23N3. The molecule has 1 saturated carbocycles. The second-order valence-electron chi connectivity index (χ2n) is 5.05. The fourth-order valence-corrected chi connectivity index (χ4v) is 2.77. The number of hydrogen-bond acceptors (Lipinski definition) is 3. The van der Waals surface area contributed by atoms with Gasteiger partial charge in [0.15, 0.2) is 0 Å². The van der Waals surface area contributed by atoms with Crippen molar-refractivity contribution in [3.63, 3.8) is 0 Å². The van der Waals surface area contributed by atoms with Gasteiger partial charge in [-0.25, -0.2) is 9.97 Å². The molecule has 1 aliphatic rings. The summed E-state index contributed by atoms with van der Waals surface area (Å²) in [5.74, 6) is 1.53. The summed E-state index contributed by atoms with van der Waals surface area (Å²) in [6.07, 6.45) is 10.9. The molecule has 1 aromatic rings. The third-order valence-corrected chi connectivity index (χ3v) is 3.67. The van der Waals surface area contributed by atoms with E-state index in [1.165, 1.54) is 49.8 Å². The van der Waals surface area contributed by atoms with E-state index in [1.54, 1.807) is 0 Å². The van der Waals surface area contributed by atoms with Crippen LogP contribution in [0, 0.1) is 6.92 Å². The maximum atomic E-state index is 5.67. The molecule has 2 N–H and O–H groups in total. The Bertz CT molecular complexity index is 354. The van der Waals surface area contributed by atoms with Gasteiger partial charge in [-0.2, -0.15) is 0 Å². The quantitative estimate of drug-likeness (QED) is 0.817. The van der Waals surface area contributed by atoms with Gasteiger partial charge in [-0.3, -0.25) is 0 Å². The molecule has 1 fully saturated rings. The normalized spacial score (nSPS) is 18.0. The Morgan fingerprint density at radius 3 is 2.59 bits per heavy atom. The Kier molecular flexibility index (Phi) is 4.49. The van der Waals surface area contributed by atoms with Crippen LogP contribution in [0.2, 0.25) is 0 Å². The zero-order valence-electron chi connectivity index (χ0n) is 10.8. The summed E-state index contributed by atoms with van der Waals surface area (Å²) in [4.78, 5) is 9.00. The zero-order valence-corrected chi connectivity index (χ0v) is 10.8. The lowest BCUT2D eigenvalue weighted by Crippen LogP contribution is -2.11. The molecule has 3 heteroatoms. The molecule has 3 nitrogen and oxygen atoms in total. The first kappa shape index (κ1) is 12.5. The van der Waals surface area contributed by atoms with Crippen LogP contribution in [-0.4, -0.2) is 16.5 Å². The van der Waals surface area contributed by atoms with Crippen LogP contribution < -0.4 is 5.73 Å². The van der Waals surface area contributed by atoms with E-state index >= 15 is 0 Å². The monoisotopic (exact) mass is 233 g/mol. The standard InChI is InChI=1S/C14H23N3/c1-11-16-10-13(8-9-15)14(17-11)12-6-4-2-3-5-7-12/h10,12H,2-9,15H2,1H3. The van der Waals surface area contributed by atoms with Crippen LogP contribution >= 0.6 is 0 Å². The topological polar surface area (TPSA) is 51.8 Å². The molecule has 1 aromatic heterocycles. The average Bonchev–Trinajstić information content (AvgIpc) is 2.60. The number of nitrogens with two attached hydrogens (primary N) is 1. The zero-order chi connectivity index (χ0) is 12.1. The van der Waals surface area contributed by atoms with Crippen molar-refractivity contribution in [2.75, 3.05) is 6.54 Å². The summed E-state index contributed by atoms with van der Waals surface area (Å²) in [5, 5.41) is 0. The van der Waals surface area contributed by atoms with E-state index in [4.69, 9.17) is 10.7 Å². The van der Waals surface area contributed by atoms with Gasteiger partial charge >= 0.3 is 0 Å². The lowest BCUT2D eigenvalue weighted by molar-refractivity contribution is 0.567. The second-order valence-corrected chi connectivity index (χ2v) is 5.05. The molecule has 17 heavy (non-hydrogen) atoms. The number of hydrogen-bond donors (Lipinski definition) is 1. The van der Waals surface area contributed by atoms with Gasteiger partial charge in [0.25, 0.3) is 0 Å². The fourth-order valence-electron chi connectivity index (χ4n) is 2.77. The van der Waals surface area contributed by atoms with E-state index in [-0.39, 0.29) is 0 Å². The fraction of sp³-hybridized carbons (Fsp3) is 0.714. The molecule has 0 spiro atoms. The Morgan fingerprint density at radius 2 is 1.94 bits per heavy atom. The van der Waals surface area contributed by atoms with Gasteiger partial charge in [0, 0.05) is 12.1 Å². The van der Waals surface area contributed by atoms with Gasteiger partial charge in [0.2, 0.25) is 0 Å². The highest BCUT2D eigenvalue weighted by atomic mass is 14.9. The van der Waals surface area contributed by atoms with Crippen LogP contribution in [0.3, 0.4) is 0 Å². The summed E-state index contributed by atoms with van der Waals surface area (Å²) in [5.41, 5.74) is 8.22. The number of aryl methyl sites for hydroxylation is 1. The first-order chi connectivity index (χ1) is 8.31. The van der Waals surface area contributed by atoms with Crippen molar-refractivity contribution in [1.29, 1.82) is 0 Å². The third kappa shape index (κ3) is 3.25. The highest BCUT2D eigenvalue weighted by molar-refractivity contribution is 5.22. The van der Waals surface area contributed by atoms with Gasteiger partial charge in [0.05, 0.1) is 5.69 Å². The molecule has 0 unspecified atom stereocenters. The van der Waals surface area contributed by atoms with E-state index in [1.807, 2.05) is 13.1 Å². The van der Waals surface area contributed by atoms with E-state index in [0.717, 1.165) is 12.2 Å². The smallest absolute Gasteiger partial charge is 0.125 e. The number of rotatable bonds is 3. The SMILES string of the molecule is Cc1ncc(CCN)c(C2CCCCCC2)n1. The van der Waals surface area contributed by atoms with Gasteiger partial charge in [-0.15, -0.1) is 0 Å². The van der Waals surface area contributed by atoms with Crippen LogP contribution in [0.5, 0.6) is 0 Å². The maximum Gasteiger partial charge on any atom is 0.125 e. The van der Waals surface area contributed by atoms with Crippen LogP contribution in [0.15, 0.2) is 6.20 Å². The predicted octanol–water partition coefficient (Wildman–Crippen LogP) is 2.72. The van der Waals surface area contributed by atoms with Crippen molar-refractivity contribution in [2.45, 2.75) is 57.8 Å². The van der Waals surface area contributed by atoms with Crippen LogP contribution in [0.4, 0.5) is 0 Å². The summed E-state index contributed by atoms with van der Waals surface area (Å²) in [6.45, 7) is 2.67. The Balaban J connectivity index is 2.23. The lowest BCUT2D eigenvalue weighted by atomic mass is 9.92.